The van der Waals surface area contributed by atoms with Gasteiger partial charge in [0.05, 0.1) is 33.1 Å². The Morgan fingerprint density at radius 3 is 1.04 bits per heavy atom. The van der Waals surface area contributed by atoms with Crippen LogP contribution in [-0.2, 0) is 0 Å². The van der Waals surface area contributed by atoms with Gasteiger partial charge in [0.1, 0.15) is 0 Å². The first-order chi connectivity index (χ1) is 44.2. The molecule has 0 N–H and O–H groups in total. The zero-order chi connectivity index (χ0) is 58.9. The van der Waals surface area contributed by atoms with E-state index in [1.165, 1.54) is 41.5 Å². The fraction of sp³-hybridized carbons (Fsp3) is 0. The van der Waals surface area contributed by atoms with E-state index in [9.17, 15) is 0 Å². The number of rotatable bonds is 12. The predicted octanol–water partition coefficient (Wildman–Crippen LogP) is 13.6. The van der Waals surface area contributed by atoms with Crippen LogP contribution in [0.5, 0.6) is 0 Å². The van der Waals surface area contributed by atoms with Gasteiger partial charge in [0.15, 0.2) is 22.0 Å². The minimum Gasteiger partial charge on any atom is -0.309 e. The molecule has 0 aliphatic heterocycles. The normalized spacial score (nSPS) is 12.0. The topological polar surface area (TPSA) is 53.5 Å². The largest absolute Gasteiger partial charge is 0.309 e. The van der Waals surface area contributed by atoms with Crippen molar-refractivity contribution in [3.63, 3.8) is 0 Å². The van der Waals surface area contributed by atoms with E-state index < -0.39 is 16.1 Å². The van der Waals surface area contributed by atoms with Gasteiger partial charge in [0.2, 0.25) is 11.9 Å². The average Bonchev–Trinajstić information content (AvgIpc) is 1.61. The van der Waals surface area contributed by atoms with Crippen LogP contribution >= 0.6 is 0 Å². The molecule has 0 saturated heterocycles. The summed E-state index contributed by atoms with van der Waals surface area (Å²) in [6.07, 6.45) is 0. The molecule has 0 bridgehead atoms. The van der Waals surface area contributed by atoms with E-state index in [1.54, 1.807) is 0 Å². The van der Waals surface area contributed by atoms with Crippen molar-refractivity contribution in [1.82, 2.24) is 28.7 Å². The van der Waals surface area contributed by atoms with Gasteiger partial charge in [-0.05, 0) is 84.0 Å². The molecule has 0 aliphatic carbocycles. The fourth-order valence-electron chi connectivity index (χ4n) is 14.7. The lowest BCUT2D eigenvalue weighted by Gasteiger charge is -2.34. The van der Waals surface area contributed by atoms with Crippen LogP contribution in [0.4, 0.5) is 0 Å². The van der Waals surface area contributed by atoms with E-state index in [2.05, 4.69) is 353 Å². The Balaban J connectivity index is 1.00. The van der Waals surface area contributed by atoms with Crippen LogP contribution in [0.1, 0.15) is 0 Å². The summed E-state index contributed by atoms with van der Waals surface area (Å²) in [5.74, 6) is 1.61. The highest BCUT2D eigenvalue weighted by Gasteiger charge is 2.43. The Hall–Kier alpha value is -11.3. The molecule has 418 valence electrons. The quantitative estimate of drug-likeness (QED) is 0.0905. The van der Waals surface area contributed by atoms with Crippen molar-refractivity contribution in [2.75, 3.05) is 0 Å². The Bertz CT molecular complexity index is 5220. The van der Waals surface area contributed by atoms with Crippen molar-refractivity contribution in [2.45, 2.75) is 0 Å². The number of fused-ring (bicyclic) bond motifs is 10. The number of aromatic nitrogens is 6. The lowest BCUT2D eigenvalue weighted by molar-refractivity contribution is 0.894. The molecular formula is C81H56N6Si2. The molecular weight excluding hydrogens is 1110 g/mol. The smallest absolute Gasteiger partial charge is 0.240 e. The first-order valence-corrected chi connectivity index (χ1v) is 34.4. The summed E-state index contributed by atoms with van der Waals surface area (Å²) in [6.45, 7) is 0. The highest BCUT2D eigenvalue weighted by atomic mass is 28.3. The van der Waals surface area contributed by atoms with Crippen LogP contribution in [0.3, 0.4) is 0 Å². The van der Waals surface area contributed by atoms with Crippen LogP contribution < -0.4 is 41.5 Å². The molecule has 4 heterocycles. The molecule has 0 radical (unpaired) electrons. The van der Waals surface area contributed by atoms with Gasteiger partial charge in [-0.25, -0.2) is 0 Å². The highest BCUT2D eigenvalue weighted by molar-refractivity contribution is 7.20. The van der Waals surface area contributed by atoms with E-state index in [0.717, 1.165) is 76.7 Å². The van der Waals surface area contributed by atoms with Gasteiger partial charge in [-0.1, -0.05) is 297 Å². The highest BCUT2D eigenvalue weighted by Crippen LogP contribution is 2.42. The molecule has 0 amide bonds. The molecule has 17 rings (SSSR count). The lowest BCUT2D eigenvalue weighted by Crippen LogP contribution is -2.74. The molecule has 0 aliphatic rings. The molecule has 13 aromatic carbocycles. The minimum absolute atomic E-state index is 0.519. The summed E-state index contributed by atoms with van der Waals surface area (Å²) in [6, 6.07) is 125. The van der Waals surface area contributed by atoms with Crippen molar-refractivity contribution in [3.05, 3.63) is 340 Å². The molecule has 0 atom stereocenters. The Kier molecular flexibility index (Phi) is 12.5. The average molecular weight is 1170 g/mol. The predicted molar refractivity (Wildman–Crippen MR) is 376 cm³/mol. The zero-order valence-electron chi connectivity index (χ0n) is 48.5. The molecule has 8 heteroatoms. The van der Waals surface area contributed by atoms with E-state index in [-0.39, 0.29) is 0 Å². The molecule has 0 unspecified atom stereocenters. The van der Waals surface area contributed by atoms with Gasteiger partial charge in [-0.2, -0.15) is 15.0 Å². The van der Waals surface area contributed by atoms with Gasteiger partial charge >= 0.3 is 0 Å². The van der Waals surface area contributed by atoms with Crippen LogP contribution in [0.15, 0.2) is 340 Å². The standard InChI is InChI=1S/C81H56N6Si2/c1-8-28-58(29-9-1)85-74-47-27-24-44-71(74)77-75(85)55-54-70-69-53-52-66(89(62-36-16-5-17-37-62,63-38-18-6-19-39-63)64-40-20-7-21-41-64)56-76(69)87(78(70)77)81-83-79(82-80(84-81)86-72-45-25-22-42-67(72)68-43-23-26-46-73(68)86)57-48-50-65(51-49-57)88(59-30-10-2-11-31-59,60-32-12-3-13-33-60)61-34-14-4-15-35-61/h1-56H. The second kappa shape index (κ2) is 21.3. The van der Waals surface area contributed by atoms with Gasteiger partial charge in [0.25, 0.3) is 0 Å². The lowest BCUT2D eigenvalue weighted by atomic mass is 10.1. The third-order valence-electron chi connectivity index (χ3n) is 18.4. The number of nitrogens with zero attached hydrogens (tertiary/aromatic N) is 6. The summed E-state index contributed by atoms with van der Waals surface area (Å²) in [7, 11) is -5.95. The molecule has 4 aromatic heterocycles. The maximum absolute atomic E-state index is 5.85. The zero-order valence-corrected chi connectivity index (χ0v) is 50.5. The SMILES string of the molecule is c1ccc(-n2c3ccccc3c3c2ccc2c4ccc([Si](c5ccccc5)(c5ccccc5)c5ccccc5)cc4n(-c4nc(-c5ccc([Si](c6ccccc6)(c6ccccc6)c6ccccc6)cc5)nc(-n5c6ccccc6c6ccccc65)n4)c23)cc1. The summed E-state index contributed by atoms with van der Waals surface area (Å²) >= 11 is 0. The van der Waals surface area contributed by atoms with Gasteiger partial charge in [-0.3, -0.25) is 9.13 Å². The van der Waals surface area contributed by atoms with Crippen LogP contribution in [0, 0.1) is 0 Å². The van der Waals surface area contributed by atoms with E-state index in [0.29, 0.717) is 17.7 Å². The Morgan fingerprint density at radius 2 is 0.573 bits per heavy atom. The third kappa shape index (κ3) is 8.11. The Morgan fingerprint density at radius 1 is 0.225 bits per heavy atom. The maximum atomic E-state index is 5.85. The van der Waals surface area contributed by atoms with Crippen molar-refractivity contribution in [2.24, 2.45) is 0 Å². The number of hydrogen-bond acceptors (Lipinski definition) is 3. The van der Waals surface area contributed by atoms with Gasteiger partial charge < -0.3 is 4.57 Å². The minimum atomic E-state index is -3.07. The summed E-state index contributed by atoms with van der Waals surface area (Å²) < 4.78 is 7.02. The van der Waals surface area contributed by atoms with Crippen LogP contribution in [0.25, 0.3) is 94.4 Å². The molecule has 89 heavy (non-hydrogen) atoms. The van der Waals surface area contributed by atoms with E-state index >= 15 is 0 Å². The molecule has 0 fully saturated rings. The van der Waals surface area contributed by atoms with Crippen molar-refractivity contribution < 1.29 is 0 Å². The van der Waals surface area contributed by atoms with Crippen LogP contribution in [0.2, 0.25) is 0 Å². The first kappa shape index (κ1) is 52.1. The van der Waals surface area contributed by atoms with E-state index in [4.69, 9.17) is 15.0 Å². The second-order valence-electron chi connectivity index (χ2n) is 23.0. The van der Waals surface area contributed by atoms with Gasteiger partial charge in [0, 0.05) is 43.6 Å². The van der Waals surface area contributed by atoms with Crippen molar-refractivity contribution >= 4 is 123 Å². The molecule has 17 aromatic rings. The monoisotopic (exact) mass is 1170 g/mol. The Labute approximate surface area is 517 Å². The number of hydrogen-bond donors (Lipinski definition) is 0. The summed E-state index contributed by atoms with van der Waals surface area (Å²) in [4.78, 5) is 17.4. The number of benzene rings is 13. The van der Waals surface area contributed by atoms with Gasteiger partial charge in [-0.15, -0.1) is 0 Å². The maximum Gasteiger partial charge on any atom is 0.240 e. The van der Waals surface area contributed by atoms with Crippen molar-refractivity contribution in [1.29, 1.82) is 0 Å². The fourth-order valence-corrected chi connectivity index (χ4v) is 24.2. The van der Waals surface area contributed by atoms with E-state index in [1.807, 2.05) is 0 Å². The summed E-state index contributed by atoms with van der Waals surface area (Å²) in [5.41, 5.74) is 8.23. The van der Waals surface area contributed by atoms with Crippen molar-refractivity contribution in [3.8, 4) is 29.0 Å². The number of para-hydroxylation sites is 4. The third-order valence-corrected chi connectivity index (χ3v) is 28.0. The molecule has 6 nitrogen and oxygen atoms in total. The molecule has 0 saturated carbocycles. The second-order valence-corrected chi connectivity index (χ2v) is 30.6. The summed E-state index contributed by atoms with van der Waals surface area (Å²) in [5, 5.41) is 17.0. The van der Waals surface area contributed by atoms with Crippen LogP contribution in [-0.4, -0.2) is 44.8 Å². The molecule has 0 spiro atoms. The first-order valence-electron chi connectivity index (χ1n) is 30.4.